The number of rotatable bonds is 8. The van der Waals surface area contributed by atoms with Gasteiger partial charge in [-0.05, 0) is 69.4 Å². The lowest BCUT2D eigenvalue weighted by Crippen LogP contribution is -2.44. The number of hydrogen-bond acceptors (Lipinski definition) is 2. The number of anilines is 1. The van der Waals surface area contributed by atoms with Gasteiger partial charge in [0.2, 0.25) is 0 Å². The summed E-state index contributed by atoms with van der Waals surface area (Å²) in [6.45, 7) is 8.67. The second-order valence-corrected chi connectivity index (χ2v) is 9.07. The third-order valence-electron chi connectivity index (χ3n) is 5.96. The van der Waals surface area contributed by atoms with Crippen LogP contribution in [0.2, 0.25) is 5.02 Å². The van der Waals surface area contributed by atoms with Gasteiger partial charge in [0.25, 0.3) is 11.3 Å². The summed E-state index contributed by atoms with van der Waals surface area (Å²) in [7, 11) is 0. The second-order valence-electron chi connectivity index (χ2n) is 7.86. The normalized spacial score (nSPS) is 16.2. The minimum atomic E-state index is -2.40. The fourth-order valence-electron chi connectivity index (χ4n) is 4.00. The van der Waals surface area contributed by atoms with Gasteiger partial charge in [0.15, 0.2) is 5.84 Å². The Morgan fingerprint density at radius 1 is 1.23 bits per heavy atom. The van der Waals surface area contributed by atoms with E-state index in [1.165, 1.54) is 12.1 Å². The largest absolute Gasteiger partial charge is 0.349 e. The third kappa shape index (κ3) is 4.94. The van der Waals surface area contributed by atoms with Crippen LogP contribution in [-0.4, -0.2) is 31.6 Å². The Balaban J connectivity index is 2.25. The van der Waals surface area contributed by atoms with Crippen LogP contribution in [0.25, 0.3) is 0 Å². The van der Waals surface area contributed by atoms with Crippen molar-refractivity contribution in [2.75, 3.05) is 11.0 Å². The summed E-state index contributed by atoms with van der Waals surface area (Å²) in [5.74, 6) is 0.0809. The summed E-state index contributed by atoms with van der Waals surface area (Å²) < 4.78 is 37.6. The molecule has 8 heteroatoms. The Bertz CT molecular complexity index is 993. The van der Waals surface area contributed by atoms with Gasteiger partial charge in [0.05, 0.1) is 10.7 Å². The minimum Gasteiger partial charge on any atom is -0.349 e. The molecule has 0 amide bonds. The number of aryl methyl sites for hydroxylation is 2. The van der Waals surface area contributed by atoms with E-state index < -0.39 is 17.1 Å². The summed E-state index contributed by atoms with van der Waals surface area (Å²) in [6, 6.07) is 9.96. The Hall–Kier alpha value is -1.96. The highest BCUT2D eigenvalue weighted by Crippen LogP contribution is 2.46. The van der Waals surface area contributed by atoms with Crippen molar-refractivity contribution in [2.24, 2.45) is 5.10 Å². The van der Waals surface area contributed by atoms with Gasteiger partial charge in [-0.1, -0.05) is 43.1 Å². The van der Waals surface area contributed by atoms with Crippen molar-refractivity contribution in [1.29, 1.82) is 0 Å². The smallest absolute Gasteiger partial charge is 0.283 e. The number of hydrogen-bond donors (Lipinski definition) is 1. The van der Waals surface area contributed by atoms with Crippen molar-refractivity contribution in [3.8, 4) is 0 Å². The van der Waals surface area contributed by atoms with E-state index in [0.717, 1.165) is 29.2 Å². The molecule has 0 bridgehead atoms. The first kappa shape index (κ1) is 23.7. The van der Waals surface area contributed by atoms with E-state index in [9.17, 15) is 13.2 Å². The highest BCUT2D eigenvalue weighted by Gasteiger charge is 2.48. The molecule has 1 fully saturated rings. The first-order valence-corrected chi connectivity index (χ1v) is 12.0. The number of nitrogens with zero attached hydrogens (tertiary/aromatic N) is 3. The highest BCUT2D eigenvalue weighted by molar-refractivity contribution is 7.80. The molecule has 0 heterocycles. The lowest BCUT2D eigenvalue weighted by atomic mass is 10.0. The Morgan fingerprint density at radius 2 is 1.87 bits per heavy atom. The fraction of sp³-hybridized carbons (Fsp3) is 0.435. The van der Waals surface area contributed by atoms with E-state index in [2.05, 4.69) is 16.9 Å². The average Bonchev–Trinajstić information content (AvgIpc) is 3.52. The molecule has 2 aromatic carbocycles. The summed E-state index contributed by atoms with van der Waals surface area (Å²) in [6.07, 6.45) is 3.47. The summed E-state index contributed by atoms with van der Waals surface area (Å²) >= 11 is 4.15. The van der Waals surface area contributed by atoms with Crippen LogP contribution in [0.5, 0.6) is 0 Å². The molecule has 1 unspecified atom stereocenters. The lowest BCUT2D eigenvalue weighted by Gasteiger charge is -2.35. The molecule has 5 nitrogen and oxygen atoms in total. The molecule has 1 aliphatic carbocycles. The Kier molecular flexibility index (Phi) is 7.39. The van der Waals surface area contributed by atoms with Gasteiger partial charge in [0, 0.05) is 17.6 Å². The van der Waals surface area contributed by atoms with Crippen LogP contribution in [0.15, 0.2) is 41.5 Å². The zero-order valence-corrected chi connectivity index (χ0v) is 19.9. The Labute approximate surface area is 191 Å². The van der Waals surface area contributed by atoms with Gasteiger partial charge in [-0.3, -0.25) is 4.55 Å². The maximum atomic E-state index is 14.1. The van der Waals surface area contributed by atoms with E-state index in [1.54, 1.807) is 12.1 Å². The molecule has 1 aliphatic rings. The summed E-state index contributed by atoms with van der Waals surface area (Å²) in [5, 5.41) is 4.93. The minimum absolute atomic E-state index is 0.0772. The quantitative estimate of drug-likeness (QED) is 0.228. The van der Waals surface area contributed by atoms with Crippen LogP contribution in [0.3, 0.4) is 0 Å². The molecular formula is C23H29ClFN3O2S. The third-order valence-corrected chi connectivity index (χ3v) is 6.85. The van der Waals surface area contributed by atoms with Crippen molar-refractivity contribution in [2.45, 2.75) is 58.9 Å². The highest BCUT2D eigenvalue weighted by atomic mass is 35.5. The molecule has 1 saturated carbocycles. The van der Waals surface area contributed by atoms with Crippen LogP contribution in [0, 0.1) is 12.7 Å². The molecule has 0 spiro atoms. The number of amidine groups is 1. The molecule has 168 valence electrons. The summed E-state index contributed by atoms with van der Waals surface area (Å²) in [5.41, 5.74) is 2.75. The first-order chi connectivity index (χ1) is 14.8. The van der Waals surface area contributed by atoms with E-state index in [4.69, 9.17) is 11.6 Å². The Morgan fingerprint density at radius 3 is 2.35 bits per heavy atom. The van der Waals surface area contributed by atoms with Crippen LogP contribution < -0.4 is 4.41 Å². The lowest BCUT2D eigenvalue weighted by molar-refractivity contribution is 0.293. The molecule has 31 heavy (non-hydrogen) atoms. The second kappa shape index (κ2) is 9.67. The molecule has 3 rings (SSSR count). The zero-order chi connectivity index (χ0) is 22.8. The van der Waals surface area contributed by atoms with Gasteiger partial charge >= 0.3 is 0 Å². The molecule has 0 aliphatic heterocycles. The first-order valence-electron chi connectivity index (χ1n) is 10.6. The standard InChI is InChI=1S/C23H29ClFN3O2S/c1-5-17-14-18(25)15-20(24)21(17)22(27(7-3)23(6-2)12-13-23)26-28(31(29)30)19-10-8-16(4)9-11-19/h8-11,14-15H,5-7,12-13H2,1-4H3,(H,29,30)/b26-22-. The monoisotopic (exact) mass is 465 g/mol. The van der Waals surface area contributed by atoms with Crippen LogP contribution >= 0.6 is 11.6 Å². The van der Waals surface area contributed by atoms with Gasteiger partial charge < -0.3 is 4.90 Å². The number of halogens is 2. The van der Waals surface area contributed by atoms with Crippen molar-refractivity contribution in [3.05, 3.63) is 63.9 Å². The van der Waals surface area contributed by atoms with Crippen molar-refractivity contribution >= 4 is 34.4 Å². The van der Waals surface area contributed by atoms with Gasteiger partial charge in [0.1, 0.15) is 5.82 Å². The molecule has 0 aromatic heterocycles. The van der Waals surface area contributed by atoms with Crippen molar-refractivity contribution in [3.63, 3.8) is 0 Å². The van der Waals surface area contributed by atoms with E-state index in [0.29, 0.717) is 35.6 Å². The van der Waals surface area contributed by atoms with Gasteiger partial charge in [-0.15, -0.1) is 5.10 Å². The van der Waals surface area contributed by atoms with E-state index >= 15 is 0 Å². The SMILES string of the molecule is CCc1cc(F)cc(Cl)c1/C(=N/N(c1ccc(C)cc1)S(=O)O)N(CC)C1(CC)CC1. The summed E-state index contributed by atoms with van der Waals surface area (Å²) in [4.78, 5) is 2.15. The number of hydrazone groups is 1. The molecular weight excluding hydrogens is 437 g/mol. The van der Waals surface area contributed by atoms with Crippen LogP contribution in [0.4, 0.5) is 10.1 Å². The van der Waals surface area contributed by atoms with Gasteiger partial charge in [-0.2, -0.15) is 4.41 Å². The molecule has 1 N–H and O–H groups in total. The maximum absolute atomic E-state index is 14.1. The van der Waals surface area contributed by atoms with Crippen molar-refractivity contribution < 1.29 is 13.2 Å². The van der Waals surface area contributed by atoms with Crippen molar-refractivity contribution in [1.82, 2.24) is 4.90 Å². The van der Waals surface area contributed by atoms with E-state index in [-0.39, 0.29) is 10.6 Å². The molecule has 0 saturated heterocycles. The van der Waals surface area contributed by atoms with Gasteiger partial charge in [-0.25, -0.2) is 8.60 Å². The van der Waals surface area contributed by atoms with E-state index in [1.807, 2.05) is 32.9 Å². The molecule has 1 atom stereocenters. The number of benzene rings is 2. The maximum Gasteiger partial charge on any atom is 0.283 e. The fourth-order valence-corrected chi connectivity index (χ4v) is 4.76. The molecule has 0 radical (unpaired) electrons. The average molecular weight is 466 g/mol. The van der Waals surface area contributed by atoms with Crippen LogP contribution in [-0.2, 0) is 17.7 Å². The molecule has 2 aromatic rings. The predicted molar refractivity (Wildman–Crippen MR) is 126 cm³/mol. The topological polar surface area (TPSA) is 56.1 Å². The predicted octanol–water partition coefficient (Wildman–Crippen LogP) is 5.92. The van der Waals surface area contributed by atoms with Crippen LogP contribution in [0.1, 0.15) is 56.7 Å². The zero-order valence-electron chi connectivity index (χ0n) is 18.4.